The molecule has 0 saturated carbocycles. The molecule has 102 valence electrons. The minimum absolute atomic E-state index is 0.483. The summed E-state index contributed by atoms with van der Waals surface area (Å²) in [7, 11) is 0. The average molecular weight is 247 g/mol. The Morgan fingerprint density at radius 2 is 1.83 bits per heavy atom. The molecule has 0 amide bonds. The van der Waals surface area contributed by atoms with Crippen molar-refractivity contribution in [2.75, 3.05) is 6.54 Å². The number of nitrogens with one attached hydrogen (secondary N) is 1. The van der Waals surface area contributed by atoms with E-state index in [1.54, 1.807) is 0 Å². The van der Waals surface area contributed by atoms with Crippen molar-refractivity contribution in [3.05, 3.63) is 35.4 Å². The van der Waals surface area contributed by atoms with Crippen molar-refractivity contribution in [2.45, 2.75) is 53.5 Å². The lowest BCUT2D eigenvalue weighted by atomic mass is 9.92. The maximum atomic E-state index is 3.67. The zero-order valence-corrected chi connectivity index (χ0v) is 12.7. The van der Waals surface area contributed by atoms with Gasteiger partial charge in [-0.3, -0.25) is 0 Å². The second kappa shape index (κ2) is 7.58. The van der Waals surface area contributed by atoms with Crippen LogP contribution in [0.25, 0.3) is 0 Å². The van der Waals surface area contributed by atoms with Crippen LogP contribution in [0.2, 0.25) is 0 Å². The minimum atomic E-state index is 0.483. The van der Waals surface area contributed by atoms with Gasteiger partial charge in [0.1, 0.15) is 0 Å². The van der Waals surface area contributed by atoms with Crippen LogP contribution in [0.3, 0.4) is 0 Å². The van der Waals surface area contributed by atoms with Crippen LogP contribution in [0, 0.1) is 11.8 Å². The predicted molar refractivity (Wildman–Crippen MR) is 80.9 cm³/mol. The molecule has 1 aromatic carbocycles. The first kappa shape index (κ1) is 15.2. The van der Waals surface area contributed by atoms with E-state index < -0.39 is 0 Å². The van der Waals surface area contributed by atoms with E-state index in [1.165, 1.54) is 24.0 Å². The Bertz CT molecular complexity index is 341. The molecule has 18 heavy (non-hydrogen) atoms. The lowest BCUT2D eigenvalue weighted by Crippen LogP contribution is -2.26. The van der Waals surface area contributed by atoms with Gasteiger partial charge in [-0.15, -0.1) is 0 Å². The maximum Gasteiger partial charge on any atom is 0.0343 e. The predicted octanol–water partition coefficient (Wildman–Crippen LogP) is 4.58. The van der Waals surface area contributed by atoms with E-state index in [-0.39, 0.29) is 0 Å². The normalized spacial score (nSPS) is 13.3. The third kappa shape index (κ3) is 4.81. The van der Waals surface area contributed by atoms with Crippen molar-refractivity contribution >= 4 is 0 Å². The van der Waals surface area contributed by atoms with Crippen molar-refractivity contribution < 1.29 is 0 Å². The van der Waals surface area contributed by atoms with Crippen LogP contribution in [0.5, 0.6) is 0 Å². The van der Waals surface area contributed by atoms with E-state index in [0.29, 0.717) is 12.0 Å². The summed E-state index contributed by atoms with van der Waals surface area (Å²) in [6, 6.07) is 9.58. The van der Waals surface area contributed by atoms with Gasteiger partial charge in [-0.05, 0) is 42.3 Å². The molecule has 0 fully saturated rings. The quantitative estimate of drug-likeness (QED) is 0.743. The fraction of sp³-hybridized carbons (Fsp3) is 0.647. The smallest absolute Gasteiger partial charge is 0.0343 e. The van der Waals surface area contributed by atoms with E-state index in [9.17, 15) is 0 Å². The Kier molecular flexibility index (Phi) is 6.42. The highest BCUT2D eigenvalue weighted by molar-refractivity contribution is 5.26. The molecule has 1 aromatic rings. The topological polar surface area (TPSA) is 12.0 Å². The molecule has 0 spiro atoms. The molecule has 1 atom stereocenters. The van der Waals surface area contributed by atoms with Gasteiger partial charge < -0.3 is 5.32 Å². The third-order valence-electron chi connectivity index (χ3n) is 3.24. The lowest BCUT2D eigenvalue weighted by molar-refractivity contribution is 0.412. The van der Waals surface area contributed by atoms with Crippen LogP contribution in [-0.2, 0) is 6.42 Å². The number of hydrogen-bond acceptors (Lipinski definition) is 1. The second-order valence-electron chi connectivity index (χ2n) is 6.02. The molecule has 1 heteroatoms. The Labute approximate surface area is 113 Å². The van der Waals surface area contributed by atoms with E-state index in [4.69, 9.17) is 0 Å². The van der Waals surface area contributed by atoms with Crippen LogP contribution in [0.4, 0.5) is 0 Å². The number of hydrogen-bond donors (Lipinski definition) is 1. The Hall–Kier alpha value is -0.820. The molecule has 0 saturated heterocycles. The van der Waals surface area contributed by atoms with Crippen LogP contribution in [0.1, 0.15) is 58.2 Å². The molecule has 0 aliphatic carbocycles. The van der Waals surface area contributed by atoms with E-state index in [0.717, 1.165) is 12.5 Å². The van der Waals surface area contributed by atoms with Crippen LogP contribution in [0.15, 0.2) is 24.3 Å². The van der Waals surface area contributed by atoms with E-state index >= 15 is 0 Å². The molecule has 1 unspecified atom stereocenters. The average Bonchev–Trinajstić information content (AvgIpc) is 2.28. The van der Waals surface area contributed by atoms with Gasteiger partial charge >= 0.3 is 0 Å². The van der Waals surface area contributed by atoms with Gasteiger partial charge in [-0.2, -0.15) is 0 Å². The Morgan fingerprint density at radius 1 is 1.11 bits per heavy atom. The van der Waals surface area contributed by atoms with Crippen molar-refractivity contribution in [3.63, 3.8) is 0 Å². The summed E-state index contributed by atoms with van der Waals surface area (Å²) in [4.78, 5) is 0. The molecule has 0 aliphatic heterocycles. The highest BCUT2D eigenvalue weighted by atomic mass is 14.9. The summed E-state index contributed by atoms with van der Waals surface area (Å²) in [5.74, 6) is 1.35. The van der Waals surface area contributed by atoms with E-state index in [2.05, 4.69) is 64.2 Å². The Balaban J connectivity index is 2.83. The number of benzene rings is 1. The molecule has 1 nitrogen and oxygen atoms in total. The van der Waals surface area contributed by atoms with Gasteiger partial charge in [0.25, 0.3) is 0 Å². The van der Waals surface area contributed by atoms with Crippen LogP contribution >= 0.6 is 0 Å². The monoisotopic (exact) mass is 247 g/mol. The van der Waals surface area contributed by atoms with Gasteiger partial charge in [-0.25, -0.2) is 0 Å². The maximum absolute atomic E-state index is 3.67. The second-order valence-corrected chi connectivity index (χ2v) is 6.02. The summed E-state index contributed by atoms with van der Waals surface area (Å²) < 4.78 is 0. The van der Waals surface area contributed by atoms with E-state index in [1.807, 2.05) is 0 Å². The highest BCUT2D eigenvalue weighted by Gasteiger charge is 2.15. The van der Waals surface area contributed by atoms with Gasteiger partial charge in [-0.1, -0.05) is 58.9 Å². The van der Waals surface area contributed by atoms with Crippen molar-refractivity contribution in [1.29, 1.82) is 0 Å². The largest absolute Gasteiger partial charge is 0.310 e. The fourth-order valence-corrected chi connectivity index (χ4v) is 2.42. The minimum Gasteiger partial charge on any atom is -0.310 e. The summed E-state index contributed by atoms with van der Waals surface area (Å²) in [6.07, 6.45) is 2.36. The molecule has 1 N–H and O–H groups in total. The molecule has 0 radical (unpaired) electrons. The highest BCUT2D eigenvalue weighted by Crippen LogP contribution is 2.23. The SMILES string of the molecule is CCCNC(c1cccc(CC(C)C)c1)C(C)C. The summed E-state index contributed by atoms with van der Waals surface area (Å²) in [5, 5.41) is 3.67. The summed E-state index contributed by atoms with van der Waals surface area (Å²) >= 11 is 0. The van der Waals surface area contributed by atoms with Crippen molar-refractivity contribution in [3.8, 4) is 0 Å². The summed E-state index contributed by atoms with van der Waals surface area (Å²) in [6.45, 7) is 12.5. The van der Waals surface area contributed by atoms with Gasteiger partial charge in [0.15, 0.2) is 0 Å². The molecule has 0 aliphatic rings. The van der Waals surface area contributed by atoms with Crippen LogP contribution in [-0.4, -0.2) is 6.54 Å². The zero-order chi connectivity index (χ0) is 13.5. The first-order valence-corrected chi connectivity index (χ1v) is 7.36. The lowest BCUT2D eigenvalue weighted by Gasteiger charge is -2.23. The van der Waals surface area contributed by atoms with Crippen molar-refractivity contribution in [1.82, 2.24) is 5.32 Å². The Morgan fingerprint density at radius 3 is 2.39 bits per heavy atom. The van der Waals surface area contributed by atoms with Crippen molar-refractivity contribution in [2.24, 2.45) is 11.8 Å². The molecular formula is C17H29N. The molecule has 0 aromatic heterocycles. The zero-order valence-electron chi connectivity index (χ0n) is 12.7. The summed E-state index contributed by atoms with van der Waals surface area (Å²) in [5.41, 5.74) is 2.91. The van der Waals surface area contributed by atoms with Gasteiger partial charge in [0.05, 0.1) is 0 Å². The standard InChI is InChI=1S/C17H29N/c1-6-10-18-17(14(4)5)16-9-7-8-15(12-16)11-13(2)3/h7-9,12-14,17-18H,6,10-11H2,1-5H3. The third-order valence-corrected chi connectivity index (χ3v) is 3.24. The molecule has 1 rings (SSSR count). The fourth-order valence-electron chi connectivity index (χ4n) is 2.42. The van der Waals surface area contributed by atoms with Gasteiger partial charge in [0, 0.05) is 6.04 Å². The molecule has 0 heterocycles. The first-order chi connectivity index (χ1) is 8.54. The van der Waals surface area contributed by atoms with Crippen LogP contribution < -0.4 is 5.32 Å². The molecular weight excluding hydrogens is 218 g/mol. The van der Waals surface area contributed by atoms with Gasteiger partial charge in [0.2, 0.25) is 0 Å². The molecule has 0 bridgehead atoms. The number of rotatable bonds is 7. The first-order valence-electron chi connectivity index (χ1n) is 7.36.